The standard InChI is InChI=1S/C25H30N5O4/c1-27-23-22(24(33)28(2)25(27)34)30(15-20(32)17-31)21(26-23)16-29(13-18-9-5-3-6-10-18)14-19-11-7-4-8-12-19/h3-12,20,22,31-32H,13-17H2,1-2H3/q+1. The van der Waals surface area contributed by atoms with E-state index >= 15 is 0 Å². The fourth-order valence-electron chi connectivity index (χ4n) is 4.32. The molecule has 2 aromatic carbocycles. The Bertz CT molecular complexity index is 1060. The predicted molar refractivity (Wildman–Crippen MR) is 127 cm³/mol. The number of urea groups is 1. The minimum atomic E-state index is -1.05. The monoisotopic (exact) mass is 464 g/mol. The van der Waals surface area contributed by atoms with E-state index in [4.69, 9.17) is 4.99 Å². The zero-order chi connectivity index (χ0) is 24.2. The lowest BCUT2D eigenvalue weighted by atomic mass is 10.1. The number of imide groups is 1. The number of aliphatic hydroxyl groups excluding tert-OH is 2. The molecule has 0 aliphatic carbocycles. The molecule has 0 saturated carbocycles. The van der Waals surface area contributed by atoms with Crippen LogP contribution in [0.15, 0.2) is 65.7 Å². The molecule has 3 amide bonds. The molecule has 2 unspecified atom stereocenters. The van der Waals surface area contributed by atoms with E-state index in [9.17, 15) is 19.8 Å². The van der Waals surface area contributed by atoms with Gasteiger partial charge >= 0.3 is 11.9 Å². The van der Waals surface area contributed by atoms with Crippen LogP contribution < -0.4 is 0 Å². The minimum Gasteiger partial charge on any atom is -0.394 e. The summed E-state index contributed by atoms with van der Waals surface area (Å²) >= 11 is 0. The van der Waals surface area contributed by atoms with Gasteiger partial charge in [-0.25, -0.2) is 9.37 Å². The molecule has 4 rings (SSSR count). The van der Waals surface area contributed by atoms with E-state index in [-0.39, 0.29) is 6.54 Å². The SMILES string of the molecule is CN1C(=O)C2C(=NC(CN(Cc3ccccc3)Cc3ccccc3)=[N+]2CC(O)CO)N(C)C1=O. The van der Waals surface area contributed by atoms with Crippen molar-refractivity contribution in [2.24, 2.45) is 4.99 Å². The lowest BCUT2D eigenvalue weighted by molar-refractivity contribution is -0.545. The first-order valence-electron chi connectivity index (χ1n) is 11.2. The van der Waals surface area contributed by atoms with E-state index in [0.29, 0.717) is 31.3 Å². The second-order valence-electron chi connectivity index (χ2n) is 8.63. The van der Waals surface area contributed by atoms with Crippen LogP contribution >= 0.6 is 0 Å². The number of amides is 3. The number of hydrogen-bond acceptors (Lipinski definition) is 6. The van der Waals surface area contributed by atoms with Crippen LogP contribution in [0.2, 0.25) is 0 Å². The van der Waals surface area contributed by atoms with Crippen molar-refractivity contribution in [3.8, 4) is 0 Å². The van der Waals surface area contributed by atoms with Gasteiger partial charge in [-0.15, -0.1) is 0 Å². The number of carbonyl (C=O) groups is 2. The zero-order valence-electron chi connectivity index (χ0n) is 19.4. The smallest absolute Gasteiger partial charge is 0.333 e. The number of carbonyl (C=O) groups excluding carboxylic acids is 2. The van der Waals surface area contributed by atoms with E-state index in [1.54, 1.807) is 11.6 Å². The van der Waals surface area contributed by atoms with E-state index in [0.717, 1.165) is 16.0 Å². The van der Waals surface area contributed by atoms with Gasteiger partial charge < -0.3 is 10.2 Å². The van der Waals surface area contributed by atoms with Gasteiger partial charge in [-0.3, -0.25) is 19.5 Å². The van der Waals surface area contributed by atoms with Crippen LogP contribution in [0.25, 0.3) is 0 Å². The molecule has 0 bridgehead atoms. The Morgan fingerprint density at radius 1 is 0.941 bits per heavy atom. The van der Waals surface area contributed by atoms with E-state index < -0.39 is 30.7 Å². The van der Waals surface area contributed by atoms with E-state index in [1.807, 2.05) is 36.4 Å². The molecule has 2 aliphatic rings. The number of nitrogens with zero attached hydrogens (tertiary/aromatic N) is 5. The summed E-state index contributed by atoms with van der Waals surface area (Å²) in [5.41, 5.74) is 2.26. The van der Waals surface area contributed by atoms with Crippen LogP contribution in [0.1, 0.15) is 11.1 Å². The summed E-state index contributed by atoms with van der Waals surface area (Å²) in [7, 11) is 3.03. The highest BCUT2D eigenvalue weighted by Crippen LogP contribution is 2.20. The number of β-amino-alcohol motifs (C(OH)–C–C–N with tert-alkyl or cyclic N) is 1. The molecule has 1 saturated heterocycles. The number of likely N-dealkylation sites (N-methyl/N-ethyl adjacent to an activating group) is 2. The number of fused-ring (bicyclic) bond motifs is 1. The van der Waals surface area contributed by atoms with E-state index in [2.05, 4.69) is 29.2 Å². The molecule has 0 aromatic heterocycles. The Morgan fingerprint density at radius 3 is 2.03 bits per heavy atom. The molecule has 0 radical (unpaired) electrons. The minimum absolute atomic E-state index is 0.0234. The van der Waals surface area contributed by atoms with Crippen LogP contribution in [-0.4, -0.2) is 99.0 Å². The third-order valence-electron chi connectivity index (χ3n) is 6.09. The molecule has 178 valence electrons. The maximum Gasteiger partial charge on any atom is 0.333 e. The van der Waals surface area contributed by atoms with Crippen LogP contribution in [0.5, 0.6) is 0 Å². The highest BCUT2D eigenvalue weighted by atomic mass is 16.3. The van der Waals surface area contributed by atoms with Crippen molar-refractivity contribution < 1.29 is 24.4 Å². The Balaban J connectivity index is 1.69. The number of rotatable bonds is 9. The van der Waals surface area contributed by atoms with Crippen molar-refractivity contribution in [3.05, 3.63) is 71.8 Å². The van der Waals surface area contributed by atoms with Crippen molar-refractivity contribution in [1.29, 1.82) is 0 Å². The van der Waals surface area contributed by atoms with Gasteiger partial charge in [0.2, 0.25) is 0 Å². The molecule has 0 spiro atoms. The first-order chi connectivity index (χ1) is 16.4. The molecule has 2 aromatic rings. The molecule has 9 nitrogen and oxygen atoms in total. The normalized spacial score (nSPS) is 19.1. The third kappa shape index (κ3) is 4.91. The summed E-state index contributed by atoms with van der Waals surface area (Å²) < 4.78 is 1.71. The van der Waals surface area contributed by atoms with Crippen LogP contribution in [0.4, 0.5) is 4.79 Å². The number of aliphatic imine (C=N–C) groups is 1. The Kier molecular flexibility index (Phi) is 7.16. The lowest BCUT2D eigenvalue weighted by Crippen LogP contribution is -2.62. The first-order valence-corrected chi connectivity index (χ1v) is 11.2. The van der Waals surface area contributed by atoms with Gasteiger partial charge in [0.25, 0.3) is 17.8 Å². The van der Waals surface area contributed by atoms with Crippen LogP contribution in [0.3, 0.4) is 0 Å². The third-order valence-corrected chi connectivity index (χ3v) is 6.09. The van der Waals surface area contributed by atoms with Crippen molar-refractivity contribution in [3.63, 3.8) is 0 Å². The Hall–Kier alpha value is -3.40. The lowest BCUT2D eigenvalue weighted by Gasteiger charge is -2.31. The number of aliphatic hydroxyl groups is 2. The molecule has 9 heteroatoms. The fourth-order valence-corrected chi connectivity index (χ4v) is 4.32. The van der Waals surface area contributed by atoms with Crippen molar-refractivity contribution in [2.75, 3.05) is 33.8 Å². The van der Waals surface area contributed by atoms with Crippen molar-refractivity contribution in [2.45, 2.75) is 25.2 Å². The van der Waals surface area contributed by atoms with Crippen molar-refractivity contribution >= 4 is 23.6 Å². The van der Waals surface area contributed by atoms with Crippen LogP contribution in [0, 0.1) is 0 Å². The van der Waals surface area contributed by atoms with Crippen LogP contribution in [-0.2, 0) is 17.9 Å². The average Bonchev–Trinajstić information content (AvgIpc) is 3.20. The number of amidine groups is 2. The number of hydrogen-bond donors (Lipinski definition) is 2. The summed E-state index contributed by atoms with van der Waals surface area (Å²) in [6, 6.07) is 18.9. The maximum absolute atomic E-state index is 13.0. The van der Waals surface area contributed by atoms with Gasteiger partial charge in [0, 0.05) is 27.2 Å². The highest BCUT2D eigenvalue weighted by Gasteiger charge is 2.53. The molecule has 2 heterocycles. The molecule has 2 atom stereocenters. The molecule has 34 heavy (non-hydrogen) atoms. The summed E-state index contributed by atoms with van der Waals surface area (Å²) in [4.78, 5) is 34.9. The first kappa shape index (κ1) is 23.7. The molecule has 2 aliphatic heterocycles. The summed E-state index contributed by atoms with van der Waals surface area (Å²) in [6.07, 6.45) is -1.05. The summed E-state index contributed by atoms with van der Waals surface area (Å²) in [5.74, 6) is 0.509. The fraction of sp³-hybridized carbons (Fsp3) is 0.360. The quantitative estimate of drug-likeness (QED) is 0.534. The largest absolute Gasteiger partial charge is 0.394 e. The molecule has 2 N–H and O–H groups in total. The van der Waals surface area contributed by atoms with E-state index in [1.165, 1.54) is 11.9 Å². The number of benzene rings is 2. The summed E-state index contributed by atoms with van der Waals surface area (Å²) in [6.45, 7) is 1.26. The average molecular weight is 465 g/mol. The van der Waals surface area contributed by atoms with Gasteiger partial charge in [-0.05, 0) is 16.1 Å². The van der Waals surface area contributed by atoms with Gasteiger partial charge in [0.15, 0.2) is 0 Å². The summed E-state index contributed by atoms with van der Waals surface area (Å²) in [5, 5.41) is 19.7. The van der Waals surface area contributed by atoms with Gasteiger partial charge in [-0.1, -0.05) is 60.7 Å². The van der Waals surface area contributed by atoms with Crippen molar-refractivity contribution in [1.82, 2.24) is 14.7 Å². The molecule has 1 fully saturated rings. The topological polar surface area (TPSA) is 99.7 Å². The highest BCUT2D eigenvalue weighted by molar-refractivity contribution is 6.23. The zero-order valence-corrected chi connectivity index (χ0v) is 19.4. The Labute approximate surface area is 198 Å². The molecular formula is C25H30N5O4+. The van der Waals surface area contributed by atoms with Gasteiger partial charge in [0.1, 0.15) is 19.2 Å². The second kappa shape index (κ2) is 10.3. The predicted octanol–water partition coefficient (Wildman–Crippen LogP) is 0.757. The molecular weight excluding hydrogens is 434 g/mol. The Morgan fingerprint density at radius 2 is 1.50 bits per heavy atom. The maximum atomic E-state index is 13.0. The second-order valence-corrected chi connectivity index (χ2v) is 8.63. The van der Waals surface area contributed by atoms with Gasteiger partial charge in [-0.2, -0.15) is 0 Å². The van der Waals surface area contributed by atoms with Gasteiger partial charge in [0.05, 0.1) is 6.61 Å².